The molecule has 37 heavy (non-hydrogen) atoms. The molecular weight excluding hydrogens is 534 g/mol. The quantitative estimate of drug-likeness (QED) is 0.308. The first kappa shape index (κ1) is 27.7. The SMILES string of the molecule is CC(C#N)(COc1ccc(-c2ccncc2)cc1C(F)(F)F)NC(=O)c1ccc(S(F)(F)(F)(F)F)cc1. The summed E-state index contributed by atoms with van der Waals surface area (Å²) >= 11 is 0. The Morgan fingerprint density at radius 3 is 2.08 bits per heavy atom. The summed E-state index contributed by atoms with van der Waals surface area (Å²) in [5.41, 5.74) is -2.92. The van der Waals surface area contributed by atoms with Crippen LogP contribution in [0, 0.1) is 11.3 Å². The van der Waals surface area contributed by atoms with Gasteiger partial charge in [-0.15, -0.1) is 0 Å². The Morgan fingerprint density at radius 1 is 0.973 bits per heavy atom. The normalized spacial score (nSPS) is 15.5. The number of carbonyl (C=O) groups is 1. The van der Waals surface area contributed by atoms with E-state index in [0.29, 0.717) is 17.7 Å². The number of hydrogen-bond donors (Lipinski definition) is 1. The monoisotopic (exact) mass is 551 g/mol. The molecule has 1 heterocycles. The minimum absolute atomic E-state index is 0.0244. The molecule has 1 aromatic heterocycles. The predicted octanol–water partition coefficient (Wildman–Crippen LogP) is 7.52. The first-order valence-electron chi connectivity index (χ1n) is 10.1. The van der Waals surface area contributed by atoms with Crippen LogP contribution in [-0.4, -0.2) is 23.0 Å². The maximum Gasteiger partial charge on any atom is 0.419 e. The molecule has 0 bridgehead atoms. The van der Waals surface area contributed by atoms with Crippen LogP contribution >= 0.6 is 10.2 Å². The lowest BCUT2D eigenvalue weighted by atomic mass is 10.0. The van der Waals surface area contributed by atoms with Gasteiger partial charge in [0.05, 0.1) is 11.6 Å². The van der Waals surface area contributed by atoms with Crippen LogP contribution in [0.3, 0.4) is 0 Å². The number of nitrogens with one attached hydrogen (secondary N) is 1. The molecule has 0 aliphatic carbocycles. The van der Waals surface area contributed by atoms with E-state index in [1.54, 1.807) is 6.07 Å². The van der Waals surface area contributed by atoms with Crippen LogP contribution in [-0.2, 0) is 6.18 Å². The predicted molar refractivity (Wildman–Crippen MR) is 119 cm³/mol. The number of rotatable bonds is 7. The lowest BCUT2D eigenvalue weighted by molar-refractivity contribution is -0.139. The van der Waals surface area contributed by atoms with Crippen LogP contribution in [0.5, 0.6) is 5.75 Å². The summed E-state index contributed by atoms with van der Waals surface area (Å²) in [6.45, 7) is 0.322. The van der Waals surface area contributed by atoms with E-state index in [0.717, 1.165) is 19.1 Å². The lowest BCUT2D eigenvalue weighted by Crippen LogP contribution is -2.49. The van der Waals surface area contributed by atoms with Crippen molar-refractivity contribution in [2.24, 2.45) is 0 Å². The second-order valence-electron chi connectivity index (χ2n) is 8.12. The number of alkyl halides is 3. The molecule has 0 saturated heterocycles. The molecule has 14 heteroatoms. The first-order chi connectivity index (χ1) is 16.8. The Balaban J connectivity index is 1.80. The lowest BCUT2D eigenvalue weighted by Gasteiger charge is -2.40. The molecule has 0 aliphatic rings. The molecule has 0 saturated carbocycles. The second-order valence-corrected chi connectivity index (χ2v) is 10.5. The summed E-state index contributed by atoms with van der Waals surface area (Å²) in [4.78, 5) is 14.0. The number of ether oxygens (including phenoxy) is 1. The molecule has 3 rings (SSSR count). The van der Waals surface area contributed by atoms with Gasteiger partial charge in [-0.3, -0.25) is 9.78 Å². The molecule has 0 fully saturated rings. The Bertz CT molecular complexity index is 1360. The molecule has 0 spiro atoms. The molecule has 1 unspecified atom stereocenters. The number of carbonyl (C=O) groups excluding carboxylic acids is 1. The van der Waals surface area contributed by atoms with E-state index in [1.807, 2.05) is 0 Å². The van der Waals surface area contributed by atoms with Crippen molar-refractivity contribution >= 4 is 16.1 Å². The number of benzene rings is 2. The maximum atomic E-state index is 13.7. The molecule has 2 aromatic carbocycles. The summed E-state index contributed by atoms with van der Waals surface area (Å²) in [5, 5.41) is 11.6. The number of nitrogens with zero attached hydrogens (tertiary/aromatic N) is 2. The zero-order chi connectivity index (χ0) is 27.8. The van der Waals surface area contributed by atoms with Gasteiger partial charge in [-0.05, 0) is 66.6 Å². The molecule has 0 aliphatic heterocycles. The van der Waals surface area contributed by atoms with E-state index in [1.165, 1.54) is 30.6 Å². The summed E-state index contributed by atoms with van der Waals surface area (Å²) in [6, 6.07) is 8.91. The van der Waals surface area contributed by atoms with Gasteiger partial charge in [-0.25, -0.2) is 0 Å². The van der Waals surface area contributed by atoms with Crippen molar-refractivity contribution in [2.45, 2.75) is 23.5 Å². The third-order valence-electron chi connectivity index (χ3n) is 5.01. The van der Waals surface area contributed by atoms with E-state index in [2.05, 4.69) is 10.3 Å². The fourth-order valence-corrected chi connectivity index (χ4v) is 3.76. The number of pyridine rings is 1. The zero-order valence-corrected chi connectivity index (χ0v) is 19.5. The van der Waals surface area contributed by atoms with Crippen molar-refractivity contribution in [1.29, 1.82) is 5.26 Å². The van der Waals surface area contributed by atoms with Crippen LogP contribution in [0.25, 0.3) is 11.1 Å². The average Bonchev–Trinajstić information content (AvgIpc) is 2.81. The summed E-state index contributed by atoms with van der Waals surface area (Å²) in [5.74, 6) is -1.77. The highest BCUT2D eigenvalue weighted by Crippen LogP contribution is 3.02. The van der Waals surface area contributed by atoms with Crippen molar-refractivity contribution in [3.05, 3.63) is 78.1 Å². The molecule has 0 radical (unpaired) electrons. The summed E-state index contributed by atoms with van der Waals surface area (Å²) < 4.78 is 111. The highest BCUT2D eigenvalue weighted by Gasteiger charge is 2.65. The van der Waals surface area contributed by atoms with Crippen molar-refractivity contribution in [1.82, 2.24) is 10.3 Å². The van der Waals surface area contributed by atoms with Gasteiger partial charge in [-0.2, -0.15) is 18.4 Å². The number of nitriles is 1. The minimum Gasteiger partial charge on any atom is -0.489 e. The Morgan fingerprint density at radius 2 is 1.57 bits per heavy atom. The number of amides is 1. The van der Waals surface area contributed by atoms with Gasteiger partial charge in [0, 0.05) is 18.0 Å². The van der Waals surface area contributed by atoms with Crippen LogP contribution < -0.4 is 10.1 Å². The number of aromatic nitrogens is 1. The Kier molecular flexibility index (Phi) is 6.46. The number of hydrogen-bond acceptors (Lipinski definition) is 4. The summed E-state index contributed by atoms with van der Waals surface area (Å²) in [7, 11) is -9.95. The van der Waals surface area contributed by atoms with Crippen molar-refractivity contribution in [2.75, 3.05) is 6.61 Å². The van der Waals surface area contributed by atoms with E-state index in [9.17, 15) is 42.7 Å². The first-order valence-corrected chi connectivity index (χ1v) is 12.1. The van der Waals surface area contributed by atoms with Crippen LogP contribution in [0.4, 0.5) is 32.6 Å². The third-order valence-corrected chi connectivity index (χ3v) is 6.18. The van der Waals surface area contributed by atoms with Gasteiger partial charge in [0.15, 0.2) is 5.54 Å². The average molecular weight is 551 g/mol. The third kappa shape index (κ3) is 6.88. The number of halogens is 8. The van der Waals surface area contributed by atoms with Gasteiger partial charge >= 0.3 is 16.4 Å². The maximum absolute atomic E-state index is 13.7. The molecular formula is C23H17F8N3O2S. The molecule has 1 N–H and O–H groups in total. The molecule has 1 atom stereocenters. The van der Waals surface area contributed by atoms with E-state index in [4.69, 9.17) is 4.74 Å². The van der Waals surface area contributed by atoms with Gasteiger partial charge in [0.2, 0.25) is 0 Å². The topological polar surface area (TPSA) is 75.0 Å². The van der Waals surface area contributed by atoms with Gasteiger partial charge in [0.25, 0.3) is 5.91 Å². The fraction of sp³-hybridized carbons (Fsp3) is 0.174. The smallest absolute Gasteiger partial charge is 0.419 e. The van der Waals surface area contributed by atoms with Crippen molar-refractivity contribution < 1.29 is 42.1 Å². The standard InChI is InChI=1S/C23H17F8N3O2S/c1-22(13-32,34-21(35)16-2-5-18(6-3-16)37(27,28,29,30)31)14-36-20-7-4-17(12-19(20)23(24,25)26)15-8-10-33-11-9-15/h2-12H,14H2,1H3,(H,34,35). The summed E-state index contributed by atoms with van der Waals surface area (Å²) in [6.07, 6.45) is -2.04. The van der Waals surface area contributed by atoms with Crippen LogP contribution in [0.15, 0.2) is 71.9 Å². The van der Waals surface area contributed by atoms with Gasteiger partial charge < -0.3 is 10.1 Å². The molecule has 5 nitrogen and oxygen atoms in total. The fourth-order valence-electron chi connectivity index (χ4n) is 3.11. The molecule has 3 aromatic rings. The van der Waals surface area contributed by atoms with E-state index < -0.39 is 56.2 Å². The molecule has 198 valence electrons. The minimum atomic E-state index is -9.95. The second kappa shape index (κ2) is 8.62. The van der Waals surface area contributed by atoms with E-state index >= 15 is 0 Å². The van der Waals surface area contributed by atoms with Crippen molar-refractivity contribution in [3.8, 4) is 22.9 Å². The Labute approximate surface area is 205 Å². The van der Waals surface area contributed by atoms with Crippen LogP contribution in [0.2, 0.25) is 0 Å². The largest absolute Gasteiger partial charge is 0.489 e. The highest BCUT2D eigenvalue weighted by molar-refractivity contribution is 8.45. The van der Waals surface area contributed by atoms with Crippen molar-refractivity contribution in [3.63, 3.8) is 0 Å². The van der Waals surface area contributed by atoms with Gasteiger partial charge in [0.1, 0.15) is 17.3 Å². The molecule has 1 amide bonds. The highest BCUT2D eigenvalue weighted by atomic mass is 32.5. The Hall–Kier alpha value is -3.86. The van der Waals surface area contributed by atoms with Gasteiger partial charge in [-0.1, -0.05) is 25.5 Å². The van der Waals surface area contributed by atoms with E-state index in [-0.39, 0.29) is 17.7 Å². The zero-order valence-electron chi connectivity index (χ0n) is 18.7. The van der Waals surface area contributed by atoms with Crippen LogP contribution in [0.1, 0.15) is 22.8 Å².